The zero-order valence-corrected chi connectivity index (χ0v) is 29.9. The van der Waals surface area contributed by atoms with Crippen LogP contribution in [0.4, 0.5) is 10.2 Å². The van der Waals surface area contributed by atoms with Crippen molar-refractivity contribution in [1.82, 2.24) is 15.1 Å². The summed E-state index contributed by atoms with van der Waals surface area (Å²) in [5.41, 5.74) is 5.67. The number of fused-ring (bicyclic) bond motifs is 1. The summed E-state index contributed by atoms with van der Waals surface area (Å²) in [5, 5.41) is 24.9. The van der Waals surface area contributed by atoms with Crippen LogP contribution >= 0.6 is 14.5 Å². The Morgan fingerprint density at radius 3 is 2.19 bits per heavy atom. The fraction of sp³-hybridized carbons (Fsp3) is 0.640. The van der Waals surface area contributed by atoms with Gasteiger partial charge < -0.3 is 63.2 Å². The topological polar surface area (TPSA) is 327 Å². The van der Waals surface area contributed by atoms with E-state index in [1.54, 1.807) is 0 Å². The maximum Gasteiger partial charge on any atom is 0.481 e. The van der Waals surface area contributed by atoms with Gasteiger partial charge in [0.2, 0.25) is 11.9 Å². The Kier molecular flexibility index (Phi) is 13.4. The van der Waals surface area contributed by atoms with Gasteiger partial charge in [0, 0.05) is 27.7 Å². The van der Waals surface area contributed by atoms with Gasteiger partial charge in [-0.25, -0.2) is 23.2 Å². The predicted octanol–water partition coefficient (Wildman–Crippen LogP) is -0.850. The number of aliphatic hydroxyl groups is 2. The van der Waals surface area contributed by atoms with Crippen LogP contribution in [0.15, 0.2) is 10.9 Å². The number of hydrogen-bond donors (Lipinski definition) is 5. The van der Waals surface area contributed by atoms with E-state index in [4.69, 9.17) is 54.8 Å². The lowest BCUT2D eigenvalue weighted by atomic mass is 9.95. The predicted molar refractivity (Wildman–Crippen MR) is 165 cm³/mol. The normalized spacial score (nSPS) is 30.4. The first-order valence-electron chi connectivity index (χ1n) is 14.7. The van der Waals surface area contributed by atoms with Crippen LogP contribution in [0.3, 0.4) is 0 Å². The summed E-state index contributed by atoms with van der Waals surface area (Å²) in [6.07, 6.45) is -18.0. The Balaban J connectivity index is 1.52. The van der Waals surface area contributed by atoms with Crippen LogP contribution in [-0.2, 0) is 77.3 Å². The van der Waals surface area contributed by atoms with Gasteiger partial charge in [0.05, 0.1) is 6.61 Å². The number of aliphatic hydroxyl groups excluding tert-OH is 2. The molecule has 52 heavy (non-hydrogen) atoms. The summed E-state index contributed by atoms with van der Waals surface area (Å²) in [7, 11) is -5.73. The Bertz CT molecular complexity index is 1750. The van der Waals surface area contributed by atoms with Gasteiger partial charge in [-0.3, -0.25) is 23.7 Å². The van der Waals surface area contributed by atoms with Crippen LogP contribution in [-0.4, -0.2) is 127 Å². The van der Waals surface area contributed by atoms with Crippen molar-refractivity contribution in [3.05, 3.63) is 12.0 Å². The smallest absolute Gasteiger partial charge is 0.463 e. The number of phosphoric ester groups is 1. The number of esters is 4. The number of anilines is 1. The maximum atomic E-state index is 15.4. The van der Waals surface area contributed by atoms with Gasteiger partial charge in [0.25, 0.3) is 0 Å². The summed E-state index contributed by atoms with van der Waals surface area (Å²) >= 11 is 4.81. The van der Waals surface area contributed by atoms with Crippen LogP contribution in [0.5, 0.6) is 0 Å². The molecule has 11 unspecified atom stereocenters. The number of carbonyl (C=O) groups excluding carboxylic acids is 4. The van der Waals surface area contributed by atoms with Crippen molar-refractivity contribution in [2.45, 2.75) is 89.0 Å². The van der Waals surface area contributed by atoms with Gasteiger partial charge >= 0.3 is 38.4 Å². The molecule has 290 valence electrons. The molecule has 23 nitrogen and oxygen atoms in total. The number of nitrogen functional groups attached to an aromatic ring is 1. The second-order valence-corrected chi connectivity index (χ2v) is 15.4. The molecule has 2 saturated heterocycles. The molecule has 6 N–H and O–H groups in total. The Morgan fingerprint density at radius 2 is 1.58 bits per heavy atom. The number of phosphoric acid groups is 1. The highest BCUT2D eigenvalue weighted by atomic mass is 32.5. The highest BCUT2D eigenvalue weighted by Gasteiger charge is 2.57. The number of ether oxygens (including phenoxy) is 6. The number of carbonyl (C=O) groups is 4. The van der Waals surface area contributed by atoms with Crippen LogP contribution in [0.1, 0.15) is 39.5 Å². The number of aromatic nitrogens is 3. The van der Waals surface area contributed by atoms with Gasteiger partial charge in [0.15, 0.2) is 30.3 Å². The first-order chi connectivity index (χ1) is 24.2. The average Bonchev–Trinajstić information content (AvgIpc) is 3.57. The zero-order valence-electron chi connectivity index (χ0n) is 27.3. The molecule has 0 aromatic carbocycles. The highest BCUT2D eigenvalue weighted by molar-refractivity contribution is 8.08. The largest absolute Gasteiger partial charge is 0.481 e. The molecule has 12 atom stereocenters. The fourth-order valence-electron chi connectivity index (χ4n) is 5.04. The van der Waals surface area contributed by atoms with Crippen molar-refractivity contribution in [3.8, 4) is 0 Å². The number of hydrogen-bond acceptors (Lipinski definition) is 22. The summed E-state index contributed by atoms with van der Waals surface area (Å²) < 4.78 is 79.4. The Morgan fingerprint density at radius 1 is 0.962 bits per heavy atom. The van der Waals surface area contributed by atoms with Crippen molar-refractivity contribution in [1.29, 1.82) is 0 Å². The van der Waals surface area contributed by atoms with Crippen molar-refractivity contribution in [2.75, 3.05) is 18.9 Å². The van der Waals surface area contributed by atoms with Crippen molar-refractivity contribution >= 4 is 67.1 Å². The third-order valence-electron chi connectivity index (χ3n) is 7.03. The number of rotatable bonds is 14. The van der Waals surface area contributed by atoms with Gasteiger partial charge in [0.1, 0.15) is 54.7 Å². The molecule has 0 spiro atoms. The lowest BCUT2D eigenvalue weighted by Gasteiger charge is -2.44. The maximum absolute atomic E-state index is 15.4. The lowest BCUT2D eigenvalue weighted by molar-refractivity contribution is -0.296. The van der Waals surface area contributed by atoms with E-state index < -0.39 is 113 Å². The average molecular weight is 807 g/mol. The third-order valence-corrected chi connectivity index (χ3v) is 10.5. The van der Waals surface area contributed by atoms with Crippen LogP contribution in [0, 0.1) is 0 Å². The number of nitrogens with zero attached hydrogens (tertiary/aromatic N) is 3. The lowest BCUT2D eigenvalue weighted by Crippen LogP contribution is -2.64. The van der Waals surface area contributed by atoms with Gasteiger partial charge in [-0.2, -0.15) is 0 Å². The minimum atomic E-state index is -5.73. The molecule has 2 aliphatic rings. The van der Waals surface area contributed by atoms with E-state index in [0.29, 0.717) is 0 Å². The molecule has 4 heterocycles. The fourth-order valence-corrected chi connectivity index (χ4v) is 8.14. The van der Waals surface area contributed by atoms with Crippen LogP contribution < -0.4 is 5.73 Å². The summed E-state index contributed by atoms with van der Waals surface area (Å²) in [6, 6.07) is 0. The third kappa shape index (κ3) is 10.2. The van der Waals surface area contributed by atoms with E-state index in [9.17, 15) is 43.7 Å². The monoisotopic (exact) mass is 806 g/mol. The standard InChI is InChI=1S/C25H33FN4O19P2S/c1-8(31)40-5-12(26)18-21(42-9(2)32)22(43-10(3)33)23(44-11(4)34)25(46-18)48-50(37,38)49-51(39,52)41-6-13-16(35)17(36)19(45-13)15-14-20(47-30-15)24(27)29-7-28-14/h7,12-13,16-19,21-23,25,35-36H,5-6H2,1-4H3,(H,37,38)(H,39,52)(H2,27,28,29)/t12-,13?,16?,17?,18?,19?,21?,22?,23?,25?,51?/m0/s1. The van der Waals surface area contributed by atoms with Gasteiger partial charge in [-0.15, -0.1) is 0 Å². The number of halogens is 1. The van der Waals surface area contributed by atoms with E-state index in [1.807, 2.05) is 0 Å². The summed E-state index contributed by atoms with van der Waals surface area (Å²) in [4.78, 5) is 76.3. The SMILES string of the molecule is CC(=O)OC[C@H](F)C1OC(OP(=O)(O)OP(O)(=S)OCC2OC(c3noc4c(N)ncnc34)C(O)C2O)C(OC(C)=O)C(OC(C)=O)C1OC(C)=O. The molecule has 2 aromatic rings. The molecule has 0 saturated carbocycles. The van der Waals surface area contributed by atoms with Crippen molar-refractivity contribution in [3.63, 3.8) is 0 Å². The minimum Gasteiger partial charge on any atom is -0.463 e. The van der Waals surface area contributed by atoms with Crippen molar-refractivity contribution in [2.24, 2.45) is 0 Å². The van der Waals surface area contributed by atoms with Crippen LogP contribution in [0.25, 0.3) is 11.1 Å². The van der Waals surface area contributed by atoms with Gasteiger partial charge in [-0.1, -0.05) is 5.16 Å². The minimum absolute atomic E-state index is 0.0304. The second-order valence-electron chi connectivity index (χ2n) is 11.0. The molecular weight excluding hydrogens is 773 g/mol. The first kappa shape index (κ1) is 41.4. The molecule has 2 aromatic heterocycles. The van der Waals surface area contributed by atoms with E-state index >= 15 is 4.39 Å². The van der Waals surface area contributed by atoms with E-state index in [-0.39, 0.29) is 22.6 Å². The molecule has 2 aliphatic heterocycles. The molecule has 0 aliphatic carbocycles. The number of nitrogens with two attached hydrogens (primary N) is 1. The molecule has 4 rings (SSSR count). The Labute approximate surface area is 296 Å². The van der Waals surface area contributed by atoms with E-state index in [0.717, 1.165) is 34.0 Å². The van der Waals surface area contributed by atoms with E-state index in [1.165, 1.54) is 0 Å². The molecule has 2 fully saturated rings. The van der Waals surface area contributed by atoms with E-state index in [2.05, 4.69) is 24.2 Å². The number of alkyl halides is 1. The van der Waals surface area contributed by atoms with Gasteiger partial charge in [-0.05, 0) is 11.8 Å². The quantitative estimate of drug-likeness (QED) is 0.0882. The highest BCUT2D eigenvalue weighted by Crippen LogP contribution is 2.62. The molecule has 0 amide bonds. The molecule has 0 bridgehead atoms. The molecule has 27 heteroatoms. The summed E-state index contributed by atoms with van der Waals surface area (Å²) in [6.45, 7) is -3.18. The summed E-state index contributed by atoms with van der Waals surface area (Å²) in [5.74, 6) is -4.27. The van der Waals surface area contributed by atoms with Crippen LogP contribution in [0.2, 0.25) is 0 Å². The zero-order chi connectivity index (χ0) is 38.7. The molecular formula is C25H33FN4O19P2S. The van der Waals surface area contributed by atoms with Crippen molar-refractivity contribution < 1.29 is 94.4 Å². The molecule has 0 radical (unpaired) electrons. The second kappa shape index (κ2) is 16.8. The Hall–Kier alpha value is -3.32. The first-order valence-corrected chi connectivity index (χ1v) is 18.8.